The van der Waals surface area contributed by atoms with E-state index in [-0.39, 0.29) is 36.3 Å². The second kappa shape index (κ2) is 10.8. The monoisotopic (exact) mass is 494 g/mol. The Bertz CT molecular complexity index is 649. The predicted molar refractivity (Wildman–Crippen MR) is 103 cm³/mol. The van der Waals surface area contributed by atoms with E-state index in [9.17, 15) is 21.6 Å². The Morgan fingerprint density at radius 2 is 1.72 bits per heavy atom. The number of sulfonamides is 1. The van der Waals surface area contributed by atoms with Gasteiger partial charge in [0.05, 0.1) is 11.3 Å². The van der Waals surface area contributed by atoms with Gasteiger partial charge >= 0.3 is 6.18 Å². The summed E-state index contributed by atoms with van der Waals surface area (Å²) in [4.78, 5) is 3.95. The van der Waals surface area contributed by atoms with Gasteiger partial charge in [-0.25, -0.2) is 13.1 Å². The molecule has 144 valence electrons. The van der Waals surface area contributed by atoms with Gasteiger partial charge in [0.2, 0.25) is 10.0 Å². The SMILES string of the molecule is CCS(=O)(=O)NCCNC(=NC)NCc1ccc(C(F)(F)F)cc1.I. The van der Waals surface area contributed by atoms with E-state index in [0.29, 0.717) is 24.6 Å². The third kappa shape index (κ3) is 9.26. The molecule has 0 saturated heterocycles. The summed E-state index contributed by atoms with van der Waals surface area (Å²) >= 11 is 0. The predicted octanol–water partition coefficient (Wildman–Crippen LogP) is 1.93. The van der Waals surface area contributed by atoms with Crippen LogP contribution in [0, 0.1) is 0 Å². The van der Waals surface area contributed by atoms with Gasteiger partial charge in [-0.2, -0.15) is 13.2 Å². The van der Waals surface area contributed by atoms with Crippen molar-refractivity contribution in [3.63, 3.8) is 0 Å². The average molecular weight is 494 g/mol. The first-order valence-corrected chi connectivity index (χ1v) is 8.91. The summed E-state index contributed by atoms with van der Waals surface area (Å²) in [5.41, 5.74) is -0.0328. The lowest BCUT2D eigenvalue weighted by atomic mass is 10.1. The number of hydrogen-bond donors (Lipinski definition) is 3. The summed E-state index contributed by atoms with van der Waals surface area (Å²) in [5.74, 6) is 0.430. The molecule has 0 unspecified atom stereocenters. The number of alkyl halides is 3. The molecule has 3 N–H and O–H groups in total. The van der Waals surface area contributed by atoms with Crippen LogP contribution in [0.5, 0.6) is 0 Å². The summed E-state index contributed by atoms with van der Waals surface area (Å²) in [7, 11) is -1.70. The zero-order chi connectivity index (χ0) is 18.2. The van der Waals surface area contributed by atoms with Crippen molar-refractivity contribution in [2.75, 3.05) is 25.9 Å². The van der Waals surface area contributed by atoms with E-state index in [1.165, 1.54) is 19.2 Å². The van der Waals surface area contributed by atoms with Gasteiger partial charge in [0.25, 0.3) is 0 Å². The molecule has 1 rings (SSSR count). The lowest BCUT2D eigenvalue weighted by Crippen LogP contribution is -2.41. The van der Waals surface area contributed by atoms with Crippen LogP contribution >= 0.6 is 24.0 Å². The highest BCUT2D eigenvalue weighted by molar-refractivity contribution is 14.0. The van der Waals surface area contributed by atoms with Crippen LogP contribution in [0.1, 0.15) is 18.1 Å². The Morgan fingerprint density at radius 3 is 2.20 bits per heavy atom. The minimum Gasteiger partial charge on any atom is -0.355 e. The Balaban J connectivity index is 0.00000576. The van der Waals surface area contributed by atoms with Crippen LogP contribution in [-0.2, 0) is 22.7 Å². The number of halogens is 4. The van der Waals surface area contributed by atoms with E-state index in [1.807, 2.05) is 0 Å². The van der Waals surface area contributed by atoms with Gasteiger partial charge in [-0.1, -0.05) is 12.1 Å². The van der Waals surface area contributed by atoms with Crippen LogP contribution in [0.2, 0.25) is 0 Å². The van der Waals surface area contributed by atoms with E-state index < -0.39 is 21.8 Å². The quantitative estimate of drug-likeness (QED) is 0.234. The topological polar surface area (TPSA) is 82.6 Å². The van der Waals surface area contributed by atoms with Crippen LogP contribution in [0.3, 0.4) is 0 Å². The Kier molecular flexibility index (Phi) is 10.3. The number of rotatable bonds is 7. The Labute approximate surface area is 162 Å². The molecule has 0 atom stereocenters. The molecule has 0 aliphatic heterocycles. The van der Waals surface area contributed by atoms with Crippen molar-refractivity contribution >= 4 is 40.0 Å². The van der Waals surface area contributed by atoms with Crippen molar-refractivity contribution in [3.05, 3.63) is 35.4 Å². The van der Waals surface area contributed by atoms with Crippen molar-refractivity contribution in [1.82, 2.24) is 15.4 Å². The standard InChI is InChI=1S/C14H21F3N4O2S.HI/c1-3-24(22,23)21-9-8-19-13(18-2)20-10-11-4-6-12(7-5-11)14(15,16)17;/h4-7,21H,3,8-10H2,1-2H3,(H2,18,19,20);1H. The molecule has 0 bridgehead atoms. The summed E-state index contributed by atoms with van der Waals surface area (Å²) in [5, 5.41) is 5.84. The molecule has 0 spiro atoms. The smallest absolute Gasteiger partial charge is 0.355 e. The maximum atomic E-state index is 12.5. The Hall–Kier alpha value is -1.08. The van der Waals surface area contributed by atoms with Gasteiger partial charge in [-0.05, 0) is 24.6 Å². The molecule has 25 heavy (non-hydrogen) atoms. The van der Waals surface area contributed by atoms with Gasteiger partial charge in [-0.15, -0.1) is 24.0 Å². The van der Waals surface area contributed by atoms with Crippen LogP contribution in [-0.4, -0.2) is 40.3 Å². The molecule has 1 aromatic rings. The first-order valence-electron chi connectivity index (χ1n) is 7.26. The first-order chi connectivity index (χ1) is 11.2. The fourth-order valence-corrected chi connectivity index (χ4v) is 2.32. The highest BCUT2D eigenvalue weighted by atomic mass is 127. The van der Waals surface area contributed by atoms with Crippen molar-refractivity contribution in [1.29, 1.82) is 0 Å². The van der Waals surface area contributed by atoms with E-state index in [4.69, 9.17) is 0 Å². The second-order valence-electron chi connectivity index (χ2n) is 4.84. The minimum atomic E-state index is -4.35. The maximum Gasteiger partial charge on any atom is 0.416 e. The summed E-state index contributed by atoms with van der Waals surface area (Å²) in [6.45, 7) is 2.36. The second-order valence-corrected chi connectivity index (χ2v) is 6.94. The van der Waals surface area contributed by atoms with Crippen molar-refractivity contribution < 1.29 is 21.6 Å². The van der Waals surface area contributed by atoms with Crippen molar-refractivity contribution in [3.8, 4) is 0 Å². The van der Waals surface area contributed by atoms with Crippen LogP contribution in [0.25, 0.3) is 0 Å². The van der Waals surface area contributed by atoms with Gasteiger partial charge in [0.1, 0.15) is 0 Å². The van der Waals surface area contributed by atoms with Crippen molar-refractivity contribution in [2.24, 2.45) is 4.99 Å². The van der Waals surface area contributed by atoms with Gasteiger partial charge in [-0.3, -0.25) is 4.99 Å². The van der Waals surface area contributed by atoms with Gasteiger partial charge in [0, 0.05) is 26.7 Å². The van der Waals surface area contributed by atoms with E-state index in [2.05, 4.69) is 20.3 Å². The molecular weight excluding hydrogens is 472 g/mol. The summed E-state index contributed by atoms with van der Waals surface area (Å²) in [6, 6.07) is 4.82. The molecule has 11 heteroatoms. The molecule has 0 aliphatic carbocycles. The highest BCUT2D eigenvalue weighted by Gasteiger charge is 2.29. The fourth-order valence-electron chi connectivity index (χ4n) is 1.71. The number of guanidine groups is 1. The number of nitrogens with one attached hydrogen (secondary N) is 3. The molecule has 0 heterocycles. The largest absolute Gasteiger partial charge is 0.416 e. The molecular formula is C14H22F3IN4O2S. The normalized spacial score (nSPS) is 12.4. The molecule has 0 aromatic heterocycles. The first kappa shape index (κ1) is 23.9. The van der Waals surface area contributed by atoms with E-state index >= 15 is 0 Å². The number of hydrogen-bond acceptors (Lipinski definition) is 3. The summed E-state index contributed by atoms with van der Waals surface area (Å²) < 4.78 is 62.3. The van der Waals surface area contributed by atoms with Crippen LogP contribution in [0.15, 0.2) is 29.3 Å². The van der Waals surface area contributed by atoms with Crippen LogP contribution in [0.4, 0.5) is 13.2 Å². The number of aliphatic imine (C=N–C) groups is 1. The third-order valence-corrected chi connectivity index (χ3v) is 4.49. The van der Waals surface area contributed by atoms with E-state index in [0.717, 1.165) is 12.1 Å². The fraction of sp³-hybridized carbons (Fsp3) is 0.500. The third-order valence-electron chi connectivity index (χ3n) is 3.08. The molecule has 1 aromatic carbocycles. The lowest BCUT2D eigenvalue weighted by Gasteiger charge is -2.13. The number of benzene rings is 1. The molecule has 0 saturated carbocycles. The molecule has 0 fully saturated rings. The molecule has 0 amide bonds. The molecule has 6 nitrogen and oxygen atoms in total. The van der Waals surface area contributed by atoms with Crippen LogP contribution < -0.4 is 15.4 Å². The summed E-state index contributed by atoms with van der Waals surface area (Å²) in [6.07, 6.45) is -4.35. The zero-order valence-electron chi connectivity index (χ0n) is 13.9. The van der Waals surface area contributed by atoms with E-state index in [1.54, 1.807) is 6.92 Å². The van der Waals surface area contributed by atoms with Gasteiger partial charge < -0.3 is 10.6 Å². The Morgan fingerprint density at radius 1 is 1.12 bits per heavy atom. The highest BCUT2D eigenvalue weighted by Crippen LogP contribution is 2.28. The molecule has 0 radical (unpaired) electrons. The van der Waals surface area contributed by atoms with Gasteiger partial charge in [0.15, 0.2) is 5.96 Å². The minimum absolute atomic E-state index is 0. The average Bonchev–Trinajstić information content (AvgIpc) is 2.53. The molecule has 0 aliphatic rings. The lowest BCUT2D eigenvalue weighted by molar-refractivity contribution is -0.137. The number of nitrogens with zero attached hydrogens (tertiary/aromatic N) is 1. The zero-order valence-corrected chi connectivity index (χ0v) is 17.0. The van der Waals surface area contributed by atoms with Crippen molar-refractivity contribution in [2.45, 2.75) is 19.6 Å². The maximum absolute atomic E-state index is 12.5.